The van der Waals surface area contributed by atoms with Gasteiger partial charge in [0, 0.05) is 33.6 Å². The molecule has 33 heavy (non-hydrogen) atoms. The van der Waals surface area contributed by atoms with E-state index in [4.69, 9.17) is 15.9 Å². The largest absolute Gasteiger partial charge is 0.480 e. The molecular formula is C24H23BrN4O4. The molecule has 0 saturated carbocycles. The van der Waals surface area contributed by atoms with E-state index in [1.165, 1.54) is 6.21 Å². The van der Waals surface area contributed by atoms with Crippen molar-refractivity contribution in [3.63, 3.8) is 0 Å². The number of aromatic nitrogens is 1. The molecule has 0 radical (unpaired) electrons. The number of halogens is 1. The smallest absolute Gasteiger partial charge is 0.407 e. The lowest BCUT2D eigenvalue weighted by Gasteiger charge is -2.16. The second-order valence-electron chi connectivity index (χ2n) is 6.89. The first-order valence-corrected chi connectivity index (χ1v) is 11.0. The van der Waals surface area contributed by atoms with Crippen LogP contribution in [0.3, 0.4) is 0 Å². The maximum atomic E-state index is 12.9. The molecule has 0 aliphatic heterocycles. The van der Waals surface area contributed by atoms with E-state index >= 15 is 0 Å². The lowest BCUT2D eigenvalue weighted by molar-refractivity contribution is -0.123. The fourth-order valence-corrected chi connectivity index (χ4v) is 3.54. The summed E-state index contributed by atoms with van der Waals surface area (Å²) in [5.74, 6) is 2.43. The van der Waals surface area contributed by atoms with Crippen LogP contribution in [-0.4, -0.2) is 42.5 Å². The van der Waals surface area contributed by atoms with Gasteiger partial charge in [-0.2, -0.15) is 5.10 Å². The van der Waals surface area contributed by atoms with Gasteiger partial charge in [-0.25, -0.2) is 10.2 Å². The number of H-pyrrole nitrogens is 1. The summed E-state index contributed by atoms with van der Waals surface area (Å²) in [6, 6.07) is 12.1. The normalized spacial score (nSPS) is 11.7. The van der Waals surface area contributed by atoms with E-state index in [0.717, 1.165) is 20.9 Å². The van der Waals surface area contributed by atoms with Gasteiger partial charge in [0.1, 0.15) is 18.4 Å². The van der Waals surface area contributed by atoms with E-state index in [1.54, 1.807) is 19.1 Å². The minimum atomic E-state index is -0.903. The first-order valence-electron chi connectivity index (χ1n) is 10.2. The number of hydrogen-bond donors (Lipinski definition) is 3. The van der Waals surface area contributed by atoms with Gasteiger partial charge in [-0.3, -0.25) is 4.79 Å². The number of para-hydroxylation sites is 1. The molecule has 0 unspecified atom stereocenters. The molecule has 8 nitrogen and oxygen atoms in total. The number of ether oxygens (including phenoxy) is 2. The van der Waals surface area contributed by atoms with Gasteiger partial charge in [0.15, 0.2) is 0 Å². The number of fused-ring (bicyclic) bond motifs is 1. The molecule has 1 heterocycles. The number of rotatable bonds is 9. The topological polar surface area (TPSA) is 105 Å². The van der Waals surface area contributed by atoms with Crippen molar-refractivity contribution >= 4 is 45.0 Å². The molecule has 170 valence electrons. The highest BCUT2D eigenvalue weighted by Gasteiger charge is 2.23. The number of aromatic amines is 1. The summed E-state index contributed by atoms with van der Waals surface area (Å²) in [5.41, 5.74) is 4.92. The van der Waals surface area contributed by atoms with Gasteiger partial charge in [0.2, 0.25) is 0 Å². The van der Waals surface area contributed by atoms with Crippen molar-refractivity contribution < 1.29 is 19.1 Å². The molecule has 1 aromatic heterocycles. The zero-order valence-electron chi connectivity index (χ0n) is 17.9. The third kappa shape index (κ3) is 6.60. The average Bonchev–Trinajstić information content (AvgIpc) is 3.21. The molecular weight excluding hydrogens is 488 g/mol. The highest BCUT2D eigenvalue weighted by Crippen LogP contribution is 2.22. The summed E-state index contributed by atoms with van der Waals surface area (Å²) >= 11 is 3.39. The molecule has 2 amide bonds. The van der Waals surface area contributed by atoms with Crippen LogP contribution in [0.25, 0.3) is 10.9 Å². The molecule has 3 aromatic rings. The van der Waals surface area contributed by atoms with Crippen LogP contribution in [-0.2, 0) is 16.0 Å². The fraction of sp³-hybridized carbons (Fsp3) is 0.208. The van der Waals surface area contributed by atoms with Crippen molar-refractivity contribution in [3.8, 4) is 18.1 Å². The Morgan fingerprint density at radius 2 is 2.12 bits per heavy atom. The average molecular weight is 511 g/mol. The van der Waals surface area contributed by atoms with Gasteiger partial charge >= 0.3 is 6.09 Å². The van der Waals surface area contributed by atoms with Gasteiger partial charge in [-0.15, -0.1) is 6.42 Å². The summed E-state index contributed by atoms with van der Waals surface area (Å²) in [5, 5.41) is 7.61. The van der Waals surface area contributed by atoms with Crippen LogP contribution < -0.4 is 15.5 Å². The van der Waals surface area contributed by atoms with E-state index in [9.17, 15) is 9.59 Å². The molecule has 0 saturated heterocycles. The molecule has 0 aliphatic rings. The van der Waals surface area contributed by atoms with Gasteiger partial charge in [0.05, 0.1) is 12.8 Å². The number of terminal acetylenes is 1. The minimum Gasteiger partial charge on any atom is -0.480 e. The number of carbonyl (C=O) groups excluding carboxylic acids is 2. The SMILES string of the molecule is C#CCOc1ccc(Br)cc1/C=N\NC(=O)[C@@H](Cc1c[nH]c2ccccc12)NC(=O)OCC. The number of nitrogens with zero attached hydrogens (tertiary/aromatic N) is 1. The zero-order valence-corrected chi connectivity index (χ0v) is 19.5. The Hall–Kier alpha value is -3.77. The van der Waals surface area contributed by atoms with Crippen molar-refractivity contribution in [1.82, 2.24) is 15.7 Å². The first kappa shape index (κ1) is 23.9. The number of hydrogen-bond acceptors (Lipinski definition) is 5. The third-order valence-electron chi connectivity index (χ3n) is 4.64. The Morgan fingerprint density at radius 1 is 1.30 bits per heavy atom. The second-order valence-corrected chi connectivity index (χ2v) is 7.81. The molecule has 0 bridgehead atoms. The van der Waals surface area contributed by atoms with Crippen molar-refractivity contribution in [1.29, 1.82) is 0 Å². The monoisotopic (exact) mass is 510 g/mol. The van der Waals surface area contributed by atoms with E-state index in [2.05, 4.69) is 42.7 Å². The van der Waals surface area contributed by atoms with E-state index in [-0.39, 0.29) is 19.6 Å². The highest BCUT2D eigenvalue weighted by molar-refractivity contribution is 9.10. The second kappa shape index (κ2) is 11.7. The lowest BCUT2D eigenvalue weighted by atomic mass is 10.0. The van der Waals surface area contributed by atoms with Gasteiger partial charge < -0.3 is 19.8 Å². The molecule has 0 spiro atoms. The summed E-state index contributed by atoms with van der Waals surface area (Å²) in [7, 11) is 0. The summed E-state index contributed by atoms with van der Waals surface area (Å²) in [6.45, 7) is 1.98. The Morgan fingerprint density at radius 3 is 2.91 bits per heavy atom. The van der Waals surface area contributed by atoms with Crippen LogP contribution in [0.4, 0.5) is 4.79 Å². The molecule has 1 atom stereocenters. The molecule has 3 rings (SSSR count). The number of carbonyl (C=O) groups is 2. The molecule has 0 aliphatic carbocycles. The first-order chi connectivity index (χ1) is 16.0. The maximum absolute atomic E-state index is 12.9. The summed E-state index contributed by atoms with van der Waals surface area (Å²) in [4.78, 5) is 28.1. The zero-order chi connectivity index (χ0) is 23.6. The predicted octanol–water partition coefficient (Wildman–Crippen LogP) is 3.75. The van der Waals surface area contributed by atoms with Crippen molar-refractivity contribution in [3.05, 3.63) is 64.3 Å². The Labute approximate surface area is 199 Å². The Balaban J connectivity index is 1.75. The molecule has 9 heteroatoms. The molecule has 2 aromatic carbocycles. The lowest BCUT2D eigenvalue weighted by Crippen LogP contribution is -2.47. The highest BCUT2D eigenvalue weighted by atomic mass is 79.9. The number of amides is 2. The standard InChI is InChI=1S/C24H23BrN4O4/c1-3-11-33-22-10-9-18(25)12-17(22)15-27-29-23(30)21(28-24(31)32-4-2)13-16-14-26-20-8-6-5-7-19(16)20/h1,5-10,12,14-15,21,26H,4,11,13H2,2H3,(H,28,31)(H,29,30)/b27-15-/t21-/m1/s1. The van der Waals surface area contributed by atoms with Crippen molar-refractivity contribution in [2.75, 3.05) is 13.2 Å². The number of benzene rings is 2. The van der Waals surface area contributed by atoms with Crippen LogP contribution in [0.5, 0.6) is 5.75 Å². The molecule has 0 fully saturated rings. The van der Waals surface area contributed by atoms with E-state index in [1.807, 2.05) is 36.5 Å². The van der Waals surface area contributed by atoms with Gasteiger partial charge in [-0.05, 0) is 36.8 Å². The fourth-order valence-electron chi connectivity index (χ4n) is 3.16. The van der Waals surface area contributed by atoms with E-state index in [0.29, 0.717) is 11.3 Å². The van der Waals surface area contributed by atoms with Crippen LogP contribution in [0.2, 0.25) is 0 Å². The predicted molar refractivity (Wildman–Crippen MR) is 130 cm³/mol. The third-order valence-corrected chi connectivity index (χ3v) is 5.14. The number of hydrazone groups is 1. The van der Waals surface area contributed by atoms with Crippen LogP contribution >= 0.6 is 15.9 Å². The van der Waals surface area contributed by atoms with Gasteiger partial charge in [0.25, 0.3) is 5.91 Å². The quantitative estimate of drug-likeness (QED) is 0.231. The molecule has 3 N–H and O–H groups in total. The van der Waals surface area contributed by atoms with Crippen molar-refractivity contribution in [2.45, 2.75) is 19.4 Å². The number of nitrogens with one attached hydrogen (secondary N) is 3. The van der Waals surface area contributed by atoms with E-state index < -0.39 is 18.0 Å². The summed E-state index contributed by atoms with van der Waals surface area (Å²) < 4.78 is 11.3. The number of alkyl carbamates (subject to hydrolysis) is 1. The van der Waals surface area contributed by atoms with Crippen LogP contribution in [0, 0.1) is 12.3 Å². The van der Waals surface area contributed by atoms with Crippen molar-refractivity contribution in [2.24, 2.45) is 5.10 Å². The Kier molecular flexibility index (Phi) is 8.49. The minimum absolute atomic E-state index is 0.102. The summed E-state index contributed by atoms with van der Waals surface area (Å²) in [6.07, 6.45) is 8.09. The van der Waals surface area contributed by atoms with Crippen LogP contribution in [0.1, 0.15) is 18.1 Å². The van der Waals surface area contributed by atoms with Crippen LogP contribution in [0.15, 0.2) is 58.2 Å². The maximum Gasteiger partial charge on any atom is 0.407 e. The Bertz CT molecular complexity index is 1200. The van der Waals surface area contributed by atoms with Gasteiger partial charge in [-0.1, -0.05) is 40.0 Å².